The van der Waals surface area contributed by atoms with E-state index in [1.165, 1.54) is 0 Å². The number of hydrogen-bond acceptors (Lipinski definition) is 2. The number of benzene rings is 1. The lowest BCUT2D eigenvalue weighted by Crippen LogP contribution is -2.24. The molecule has 2 nitrogen and oxygen atoms in total. The molecule has 1 saturated carbocycles. The summed E-state index contributed by atoms with van der Waals surface area (Å²) in [5.74, 6) is 0.477. The van der Waals surface area contributed by atoms with Gasteiger partial charge in [0.1, 0.15) is 0 Å². The van der Waals surface area contributed by atoms with Crippen molar-refractivity contribution in [3.05, 3.63) is 33.3 Å². The van der Waals surface area contributed by atoms with Crippen LogP contribution in [0.1, 0.15) is 37.9 Å². The Hall–Kier alpha value is -0.560. The van der Waals surface area contributed by atoms with Gasteiger partial charge in [-0.2, -0.15) is 5.26 Å². The van der Waals surface area contributed by atoms with Crippen LogP contribution in [0, 0.1) is 22.7 Å². The fraction of sp³-hybridized carbons (Fsp3) is 0.500. The summed E-state index contributed by atoms with van der Waals surface area (Å²) in [6, 6.07) is 7.70. The van der Waals surface area contributed by atoms with Crippen molar-refractivity contribution in [2.45, 2.75) is 32.3 Å². The molecule has 96 valence electrons. The molecule has 4 heteroatoms. The third kappa shape index (κ3) is 2.42. The van der Waals surface area contributed by atoms with E-state index in [0.29, 0.717) is 16.5 Å². The quantitative estimate of drug-likeness (QED) is 0.870. The minimum atomic E-state index is -0.822. The van der Waals surface area contributed by atoms with Crippen molar-refractivity contribution in [2.75, 3.05) is 0 Å². The highest BCUT2D eigenvalue weighted by Crippen LogP contribution is 2.50. The highest BCUT2D eigenvalue weighted by atomic mass is 79.9. The Morgan fingerprint density at radius 3 is 2.89 bits per heavy atom. The number of hydrogen-bond donors (Lipinski definition) is 1. The molecule has 0 spiro atoms. The zero-order valence-electron chi connectivity index (χ0n) is 10.2. The van der Waals surface area contributed by atoms with Crippen LogP contribution in [0.3, 0.4) is 0 Å². The first-order chi connectivity index (χ1) is 8.48. The monoisotopic (exact) mass is 327 g/mol. The van der Waals surface area contributed by atoms with Gasteiger partial charge in [-0.25, -0.2) is 0 Å². The Kier molecular flexibility index (Phi) is 4.01. The standard InChI is InChI=1S/C14H15BrClNO/c1-9-4-5-14(7-9,8-17)13(18)11-6-10(15)2-3-12(11)16/h2-3,6,9,13,18H,4-5,7H2,1H3. The van der Waals surface area contributed by atoms with Crippen LogP contribution in [0.5, 0.6) is 0 Å². The van der Waals surface area contributed by atoms with Gasteiger partial charge in [0.15, 0.2) is 0 Å². The third-order valence-electron chi connectivity index (χ3n) is 3.79. The van der Waals surface area contributed by atoms with Gasteiger partial charge in [0, 0.05) is 15.1 Å². The highest BCUT2D eigenvalue weighted by Gasteiger charge is 2.45. The van der Waals surface area contributed by atoms with Crippen molar-refractivity contribution in [2.24, 2.45) is 11.3 Å². The van der Waals surface area contributed by atoms with Crippen LogP contribution in [0.4, 0.5) is 0 Å². The summed E-state index contributed by atoms with van der Waals surface area (Å²) in [5, 5.41) is 20.5. The van der Waals surface area contributed by atoms with E-state index in [1.807, 2.05) is 6.07 Å². The first-order valence-electron chi connectivity index (χ1n) is 6.03. The summed E-state index contributed by atoms with van der Waals surface area (Å²) >= 11 is 9.51. The molecule has 1 aromatic rings. The second-order valence-electron chi connectivity index (χ2n) is 5.18. The molecule has 1 fully saturated rings. The molecule has 1 aromatic carbocycles. The number of rotatable bonds is 2. The Labute approximate surface area is 121 Å². The van der Waals surface area contributed by atoms with Crippen LogP contribution < -0.4 is 0 Å². The first kappa shape index (κ1) is 13.9. The van der Waals surface area contributed by atoms with Gasteiger partial charge in [0.2, 0.25) is 0 Å². The summed E-state index contributed by atoms with van der Waals surface area (Å²) in [5.41, 5.74) is -0.0502. The summed E-state index contributed by atoms with van der Waals surface area (Å²) in [4.78, 5) is 0. The van der Waals surface area contributed by atoms with Gasteiger partial charge >= 0.3 is 0 Å². The fourth-order valence-corrected chi connectivity index (χ4v) is 3.36. The van der Waals surface area contributed by atoms with E-state index in [0.717, 1.165) is 23.7 Å². The van der Waals surface area contributed by atoms with Crippen LogP contribution >= 0.6 is 27.5 Å². The van der Waals surface area contributed by atoms with E-state index in [4.69, 9.17) is 11.6 Å². The Morgan fingerprint density at radius 1 is 1.61 bits per heavy atom. The number of aliphatic hydroxyl groups is 1. The van der Waals surface area contributed by atoms with Gasteiger partial charge in [-0.3, -0.25) is 0 Å². The van der Waals surface area contributed by atoms with Crippen molar-refractivity contribution in [1.82, 2.24) is 0 Å². The zero-order chi connectivity index (χ0) is 13.3. The molecular weight excluding hydrogens is 314 g/mol. The molecule has 0 heterocycles. The maximum absolute atomic E-state index is 10.6. The normalized spacial score (nSPS) is 28.9. The number of nitrogens with zero attached hydrogens (tertiary/aromatic N) is 1. The molecule has 2 rings (SSSR count). The van der Waals surface area contributed by atoms with E-state index in [1.54, 1.807) is 12.1 Å². The second-order valence-corrected chi connectivity index (χ2v) is 6.51. The van der Waals surface area contributed by atoms with Gasteiger partial charge in [0.25, 0.3) is 0 Å². The Morgan fingerprint density at radius 2 is 2.33 bits per heavy atom. The zero-order valence-corrected chi connectivity index (χ0v) is 12.5. The lowest BCUT2D eigenvalue weighted by molar-refractivity contribution is 0.0647. The largest absolute Gasteiger partial charge is 0.387 e. The van der Waals surface area contributed by atoms with Crippen LogP contribution in [0.2, 0.25) is 5.02 Å². The summed E-state index contributed by atoms with van der Waals surface area (Å²) < 4.78 is 0.861. The molecule has 18 heavy (non-hydrogen) atoms. The lowest BCUT2D eigenvalue weighted by Gasteiger charge is -2.28. The van der Waals surface area contributed by atoms with Crippen LogP contribution in [0.25, 0.3) is 0 Å². The maximum Gasteiger partial charge on any atom is 0.0991 e. The number of halogens is 2. The van der Waals surface area contributed by atoms with Crippen LogP contribution in [-0.4, -0.2) is 5.11 Å². The summed E-state index contributed by atoms with van der Waals surface area (Å²) in [6.45, 7) is 2.12. The topological polar surface area (TPSA) is 44.0 Å². The Balaban J connectivity index is 2.38. The Bertz CT molecular complexity index is 499. The van der Waals surface area contributed by atoms with Crippen molar-refractivity contribution < 1.29 is 5.11 Å². The lowest BCUT2D eigenvalue weighted by atomic mass is 9.78. The molecule has 1 aliphatic rings. The van der Waals surface area contributed by atoms with Gasteiger partial charge in [-0.05, 0) is 43.4 Å². The van der Waals surface area contributed by atoms with E-state index >= 15 is 0 Å². The smallest absolute Gasteiger partial charge is 0.0991 e. The van der Waals surface area contributed by atoms with E-state index < -0.39 is 11.5 Å². The highest BCUT2D eigenvalue weighted by molar-refractivity contribution is 9.10. The molecule has 0 aliphatic heterocycles. The molecular formula is C14H15BrClNO. The number of aliphatic hydroxyl groups excluding tert-OH is 1. The first-order valence-corrected chi connectivity index (χ1v) is 7.20. The predicted octanol–water partition coefficient (Wildman–Crippen LogP) is 4.47. The van der Waals surface area contributed by atoms with Crippen molar-refractivity contribution in [3.63, 3.8) is 0 Å². The van der Waals surface area contributed by atoms with Gasteiger partial charge < -0.3 is 5.11 Å². The maximum atomic E-state index is 10.6. The average Bonchev–Trinajstić information content (AvgIpc) is 2.74. The molecule has 0 radical (unpaired) electrons. The summed E-state index contributed by atoms with van der Waals surface area (Å²) in [6.07, 6.45) is 1.62. The minimum absolute atomic E-state index is 0.477. The van der Waals surface area contributed by atoms with Gasteiger partial charge in [0.05, 0.1) is 17.6 Å². The molecule has 0 bridgehead atoms. The van der Waals surface area contributed by atoms with Crippen molar-refractivity contribution >= 4 is 27.5 Å². The average molecular weight is 329 g/mol. The van der Waals surface area contributed by atoms with E-state index in [2.05, 4.69) is 28.9 Å². The molecule has 1 N–H and O–H groups in total. The van der Waals surface area contributed by atoms with Crippen LogP contribution in [0.15, 0.2) is 22.7 Å². The fourth-order valence-electron chi connectivity index (χ4n) is 2.76. The SMILES string of the molecule is CC1CCC(C#N)(C(O)c2cc(Br)ccc2Cl)C1. The van der Waals surface area contributed by atoms with Gasteiger partial charge in [-0.15, -0.1) is 0 Å². The van der Waals surface area contributed by atoms with Crippen molar-refractivity contribution in [1.29, 1.82) is 5.26 Å². The van der Waals surface area contributed by atoms with Crippen LogP contribution in [-0.2, 0) is 0 Å². The van der Waals surface area contributed by atoms with E-state index in [9.17, 15) is 10.4 Å². The molecule has 3 atom stereocenters. The summed E-state index contributed by atoms with van der Waals surface area (Å²) in [7, 11) is 0. The minimum Gasteiger partial charge on any atom is -0.387 e. The van der Waals surface area contributed by atoms with Crippen molar-refractivity contribution in [3.8, 4) is 6.07 Å². The molecule has 0 saturated heterocycles. The molecule has 0 aromatic heterocycles. The molecule has 0 amide bonds. The van der Waals surface area contributed by atoms with Gasteiger partial charge in [-0.1, -0.05) is 34.5 Å². The predicted molar refractivity (Wildman–Crippen MR) is 75.2 cm³/mol. The molecule has 1 aliphatic carbocycles. The second kappa shape index (κ2) is 5.21. The number of nitriles is 1. The molecule has 3 unspecified atom stereocenters. The van der Waals surface area contributed by atoms with E-state index in [-0.39, 0.29) is 0 Å². The third-order valence-corrected chi connectivity index (χ3v) is 4.63.